The smallest absolute Gasteiger partial charge is 0.225 e. The standard InChI is InChI=1S/C18H26N2O3S/c21-18(17-9-4-5-10-17)19-11-6-12-20(14-13-19)24(22,23)15-16-7-2-1-3-8-16/h1-3,7-8,17H,4-6,9-15H2. The van der Waals surface area contributed by atoms with Gasteiger partial charge in [0.05, 0.1) is 5.75 Å². The fourth-order valence-electron chi connectivity index (χ4n) is 3.70. The molecule has 3 rings (SSSR count). The average Bonchev–Trinajstić information content (AvgIpc) is 2.98. The molecule has 1 aliphatic heterocycles. The summed E-state index contributed by atoms with van der Waals surface area (Å²) >= 11 is 0. The lowest BCUT2D eigenvalue weighted by Gasteiger charge is -2.24. The molecule has 0 aromatic heterocycles. The first-order valence-electron chi connectivity index (χ1n) is 8.87. The topological polar surface area (TPSA) is 57.7 Å². The quantitative estimate of drug-likeness (QED) is 0.837. The molecule has 0 unspecified atom stereocenters. The van der Waals surface area contributed by atoms with Crippen molar-refractivity contribution in [1.29, 1.82) is 0 Å². The summed E-state index contributed by atoms with van der Waals surface area (Å²) in [5.41, 5.74) is 0.806. The molecule has 2 aliphatic rings. The second-order valence-corrected chi connectivity index (χ2v) is 8.77. The van der Waals surface area contributed by atoms with E-state index in [4.69, 9.17) is 0 Å². The molecule has 1 aliphatic carbocycles. The summed E-state index contributed by atoms with van der Waals surface area (Å²) in [5.74, 6) is 0.428. The Morgan fingerprint density at radius 3 is 2.38 bits per heavy atom. The molecule has 6 heteroatoms. The van der Waals surface area contributed by atoms with Gasteiger partial charge in [0.25, 0.3) is 0 Å². The molecule has 0 bridgehead atoms. The highest BCUT2D eigenvalue weighted by Crippen LogP contribution is 2.27. The van der Waals surface area contributed by atoms with Gasteiger partial charge >= 0.3 is 0 Å². The Morgan fingerprint density at radius 1 is 0.958 bits per heavy atom. The summed E-state index contributed by atoms with van der Waals surface area (Å²) in [5, 5.41) is 0. The molecule has 1 heterocycles. The van der Waals surface area contributed by atoms with Crippen molar-refractivity contribution in [1.82, 2.24) is 9.21 Å². The fourth-order valence-corrected chi connectivity index (χ4v) is 5.26. The van der Waals surface area contributed by atoms with Crippen LogP contribution in [-0.2, 0) is 20.6 Å². The summed E-state index contributed by atoms with van der Waals surface area (Å²) < 4.78 is 26.9. The number of carbonyl (C=O) groups excluding carboxylic acids is 1. The Bertz CT molecular complexity index is 654. The average molecular weight is 350 g/mol. The lowest BCUT2D eigenvalue weighted by Crippen LogP contribution is -2.39. The highest BCUT2D eigenvalue weighted by Gasteiger charge is 2.31. The number of rotatable bonds is 4. The predicted octanol–water partition coefficient (Wildman–Crippen LogP) is 2.24. The molecule has 132 valence electrons. The van der Waals surface area contributed by atoms with E-state index in [0.29, 0.717) is 32.6 Å². The molecule has 0 atom stereocenters. The van der Waals surface area contributed by atoms with Crippen LogP contribution in [0.5, 0.6) is 0 Å². The van der Waals surface area contributed by atoms with E-state index >= 15 is 0 Å². The van der Waals surface area contributed by atoms with E-state index in [1.165, 1.54) is 0 Å². The highest BCUT2D eigenvalue weighted by molar-refractivity contribution is 7.88. The van der Waals surface area contributed by atoms with Crippen molar-refractivity contribution in [3.63, 3.8) is 0 Å². The molecule has 24 heavy (non-hydrogen) atoms. The van der Waals surface area contributed by atoms with Crippen LogP contribution in [0.4, 0.5) is 0 Å². The van der Waals surface area contributed by atoms with Gasteiger partial charge in [-0.2, -0.15) is 4.31 Å². The molecule has 0 spiro atoms. The van der Waals surface area contributed by atoms with Gasteiger partial charge in [0.15, 0.2) is 0 Å². The third-order valence-corrected chi connectivity index (χ3v) is 6.91. The van der Waals surface area contributed by atoms with Gasteiger partial charge in [-0.05, 0) is 24.8 Å². The van der Waals surface area contributed by atoms with Gasteiger partial charge in [-0.3, -0.25) is 4.79 Å². The maximum absolute atomic E-state index is 12.7. The molecule has 2 fully saturated rings. The molecule has 5 nitrogen and oxygen atoms in total. The van der Waals surface area contributed by atoms with Gasteiger partial charge in [0.1, 0.15) is 0 Å². The van der Waals surface area contributed by atoms with Gasteiger partial charge < -0.3 is 4.90 Å². The zero-order valence-electron chi connectivity index (χ0n) is 14.1. The number of carbonyl (C=O) groups is 1. The molecule has 0 radical (unpaired) electrons. The normalized spacial score (nSPS) is 20.9. The Kier molecular flexibility index (Phi) is 5.56. The summed E-state index contributed by atoms with van der Waals surface area (Å²) in [6.07, 6.45) is 4.98. The Balaban J connectivity index is 1.61. The number of hydrogen-bond acceptors (Lipinski definition) is 3. The minimum absolute atomic E-state index is 0.0322. The maximum Gasteiger partial charge on any atom is 0.225 e. The maximum atomic E-state index is 12.7. The monoisotopic (exact) mass is 350 g/mol. The Morgan fingerprint density at radius 2 is 1.67 bits per heavy atom. The SMILES string of the molecule is O=C(C1CCCC1)N1CCCN(S(=O)(=O)Cc2ccccc2)CC1. The van der Waals surface area contributed by atoms with Gasteiger partial charge in [-0.1, -0.05) is 43.2 Å². The summed E-state index contributed by atoms with van der Waals surface area (Å²) in [6.45, 7) is 2.10. The fraction of sp³-hybridized carbons (Fsp3) is 0.611. The Labute approximate surface area is 144 Å². The van der Waals surface area contributed by atoms with Crippen LogP contribution in [0.3, 0.4) is 0 Å². The summed E-state index contributed by atoms with van der Waals surface area (Å²) in [4.78, 5) is 14.4. The lowest BCUT2D eigenvalue weighted by molar-refractivity contribution is -0.135. The van der Waals surface area contributed by atoms with Crippen LogP contribution in [0.25, 0.3) is 0 Å². The molecule has 1 amide bonds. The van der Waals surface area contributed by atoms with Crippen LogP contribution in [0, 0.1) is 5.92 Å². The number of nitrogens with zero attached hydrogens (tertiary/aromatic N) is 2. The number of benzene rings is 1. The minimum atomic E-state index is -3.33. The third kappa shape index (κ3) is 4.16. The zero-order chi connectivity index (χ0) is 17.0. The van der Waals surface area contributed by atoms with Crippen molar-refractivity contribution in [2.24, 2.45) is 5.92 Å². The van der Waals surface area contributed by atoms with Crippen LogP contribution in [0.2, 0.25) is 0 Å². The molecular weight excluding hydrogens is 324 g/mol. The van der Waals surface area contributed by atoms with Crippen molar-refractivity contribution in [3.05, 3.63) is 35.9 Å². The molecule has 0 N–H and O–H groups in total. The van der Waals surface area contributed by atoms with E-state index in [1.807, 2.05) is 35.2 Å². The number of sulfonamides is 1. The zero-order valence-corrected chi connectivity index (χ0v) is 14.9. The van der Waals surface area contributed by atoms with E-state index in [1.54, 1.807) is 4.31 Å². The van der Waals surface area contributed by atoms with Crippen molar-refractivity contribution >= 4 is 15.9 Å². The summed E-state index contributed by atoms with van der Waals surface area (Å²) in [6, 6.07) is 9.27. The highest BCUT2D eigenvalue weighted by atomic mass is 32.2. The van der Waals surface area contributed by atoms with Crippen molar-refractivity contribution in [2.45, 2.75) is 37.9 Å². The predicted molar refractivity (Wildman–Crippen MR) is 93.8 cm³/mol. The number of hydrogen-bond donors (Lipinski definition) is 0. The molecule has 1 saturated carbocycles. The molecule has 1 aromatic rings. The van der Waals surface area contributed by atoms with Crippen LogP contribution in [0.15, 0.2) is 30.3 Å². The van der Waals surface area contributed by atoms with E-state index < -0.39 is 10.0 Å². The Hall–Kier alpha value is -1.40. The van der Waals surface area contributed by atoms with Crippen LogP contribution in [-0.4, -0.2) is 49.7 Å². The first-order chi connectivity index (χ1) is 11.6. The minimum Gasteiger partial charge on any atom is -0.341 e. The molecular formula is C18H26N2O3S. The van der Waals surface area contributed by atoms with Crippen LogP contribution in [0.1, 0.15) is 37.7 Å². The summed E-state index contributed by atoms with van der Waals surface area (Å²) in [7, 11) is -3.33. The van der Waals surface area contributed by atoms with Gasteiger partial charge in [-0.15, -0.1) is 0 Å². The van der Waals surface area contributed by atoms with E-state index in [9.17, 15) is 13.2 Å². The van der Waals surface area contributed by atoms with E-state index in [2.05, 4.69) is 0 Å². The largest absolute Gasteiger partial charge is 0.341 e. The number of amides is 1. The first kappa shape index (κ1) is 17.4. The lowest BCUT2D eigenvalue weighted by atomic mass is 10.1. The van der Waals surface area contributed by atoms with Crippen LogP contribution < -0.4 is 0 Å². The second-order valence-electron chi connectivity index (χ2n) is 6.80. The van der Waals surface area contributed by atoms with Gasteiger partial charge in [-0.25, -0.2) is 8.42 Å². The second kappa shape index (κ2) is 7.66. The van der Waals surface area contributed by atoms with Crippen molar-refractivity contribution in [2.75, 3.05) is 26.2 Å². The van der Waals surface area contributed by atoms with E-state index in [0.717, 1.165) is 31.2 Å². The van der Waals surface area contributed by atoms with Crippen molar-refractivity contribution in [3.8, 4) is 0 Å². The van der Waals surface area contributed by atoms with E-state index in [-0.39, 0.29) is 17.6 Å². The molecule has 1 aromatic carbocycles. The first-order valence-corrected chi connectivity index (χ1v) is 10.5. The third-order valence-electron chi connectivity index (χ3n) is 5.06. The van der Waals surface area contributed by atoms with Gasteiger partial charge in [0, 0.05) is 32.1 Å². The molecule has 1 saturated heterocycles. The van der Waals surface area contributed by atoms with Crippen LogP contribution >= 0.6 is 0 Å². The van der Waals surface area contributed by atoms with Gasteiger partial charge in [0.2, 0.25) is 15.9 Å². The van der Waals surface area contributed by atoms with Crippen molar-refractivity contribution < 1.29 is 13.2 Å².